The van der Waals surface area contributed by atoms with Gasteiger partial charge in [0.15, 0.2) is 0 Å². The Labute approximate surface area is 203 Å². The molecule has 0 saturated carbocycles. The molecule has 0 bridgehead atoms. The summed E-state index contributed by atoms with van der Waals surface area (Å²) in [6.45, 7) is 23.8. The molecule has 0 unspecified atom stereocenters. The SMILES string of the molecule is C1CCOC1.CC1=[C-]C(C)(C)C(C)=C1C.CC1=[C-]C(C)(C)C(C)=C1C.[Ba+2]. The molecule has 0 aromatic rings. The van der Waals surface area contributed by atoms with Gasteiger partial charge in [0.05, 0.1) is 0 Å². The maximum atomic E-state index is 4.94. The van der Waals surface area contributed by atoms with Crippen LogP contribution in [0, 0.1) is 23.0 Å². The van der Waals surface area contributed by atoms with Crippen molar-refractivity contribution in [3.8, 4) is 0 Å². The molecule has 1 nitrogen and oxygen atoms in total. The third-order valence-electron chi connectivity index (χ3n) is 5.95. The van der Waals surface area contributed by atoms with Crippen molar-refractivity contribution in [1.82, 2.24) is 0 Å². The Bertz CT molecular complexity index is 551. The van der Waals surface area contributed by atoms with E-state index in [0.29, 0.717) is 0 Å². The van der Waals surface area contributed by atoms with Crippen molar-refractivity contribution < 1.29 is 4.74 Å². The van der Waals surface area contributed by atoms with Gasteiger partial charge in [-0.15, -0.1) is 13.8 Å². The third kappa shape index (κ3) is 7.15. The maximum Gasteiger partial charge on any atom is 2.00 e. The number of hydrogen-bond donors (Lipinski definition) is 0. The Morgan fingerprint density at radius 3 is 1.04 bits per heavy atom. The van der Waals surface area contributed by atoms with Crippen LogP contribution in [0.5, 0.6) is 0 Å². The molecule has 1 fully saturated rings. The minimum absolute atomic E-state index is 0. The number of allylic oxidation sites excluding steroid dienone is 8. The van der Waals surface area contributed by atoms with Crippen molar-refractivity contribution in [2.45, 2.75) is 82.1 Å². The van der Waals surface area contributed by atoms with Gasteiger partial charge >= 0.3 is 48.9 Å². The van der Waals surface area contributed by atoms with Crippen LogP contribution in [0.2, 0.25) is 0 Å². The molecule has 2 heteroatoms. The summed E-state index contributed by atoms with van der Waals surface area (Å²) < 4.78 is 4.94. The van der Waals surface area contributed by atoms with Gasteiger partial charge in [0.1, 0.15) is 0 Å². The van der Waals surface area contributed by atoms with Gasteiger partial charge in [-0.2, -0.15) is 22.3 Å². The average Bonchev–Trinajstić information content (AvgIpc) is 3.18. The van der Waals surface area contributed by atoms with Gasteiger partial charge in [-0.25, -0.2) is 11.1 Å². The summed E-state index contributed by atoms with van der Waals surface area (Å²) in [7, 11) is 0. The second kappa shape index (κ2) is 10.9. The molecule has 2 aliphatic carbocycles. The molecule has 0 amide bonds. The van der Waals surface area contributed by atoms with E-state index in [1.54, 1.807) is 0 Å². The van der Waals surface area contributed by atoms with Gasteiger partial charge in [-0.3, -0.25) is 12.2 Å². The van der Waals surface area contributed by atoms with Crippen LogP contribution >= 0.6 is 0 Å². The number of rotatable bonds is 0. The van der Waals surface area contributed by atoms with Crippen molar-refractivity contribution in [3.05, 3.63) is 45.6 Å². The molecule has 0 spiro atoms. The van der Waals surface area contributed by atoms with Gasteiger partial charge in [0.2, 0.25) is 0 Å². The molecule has 3 aliphatic rings. The van der Waals surface area contributed by atoms with E-state index >= 15 is 0 Å². The summed E-state index contributed by atoms with van der Waals surface area (Å²) in [6.07, 6.45) is 9.43. The predicted octanol–water partition coefficient (Wildman–Crippen LogP) is 6.64. The first kappa shape index (κ1) is 26.5. The summed E-state index contributed by atoms with van der Waals surface area (Å²) in [6, 6.07) is 0. The average molecular weight is 480 g/mol. The Kier molecular flexibility index (Phi) is 11.1. The van der Waals surface area contributed by atoms with Crippen LogP contribution < -0.4 is 0 Å². The zero-order valence-electron chi connectivity index (χ0n) is 18.9. The third-order valence-corrected chi connectivity index (χ3v) is 5.95. The van der Waals surface area contributed by atoms with Crippen molar-refractivity contribution >= 4 is 48.9 Å². The molecule has 3 rings (SSSR count). The largest absolute Gasteiger partial charge is 2.00 e. The first-order valence-corrected chi connectivity index (χ1v) is 9.58. The van der Waals surface area contributed by atoms with Crippen molar-refractivity contribution in [1.29, 1.82) is 0 Å². The topological polar surface area (TPSA) is 9.23 Å². The van der Waals surface area contributed by atoms with E-state index in [2.05, 4.69) is 81.4 Å². The van der Waals surface area contributed by atoms with E-state index in [1.165, 1.54) is 46.3 Å². The van der Waals surface area contributed by atoms with Crippen LogP contribution in [-0.2, 0) is 4.74 Å². The van der Waals surface area contributed by atoms with E-state index in [0.717, 1.165) is 13.2 Å². The van der Waals surface area contributed by atoms with Gasteiger partial charge in [0, 0.05) is 13.2 Å². The summed E-state index contributed by atoms with van der Waals surface area (Å²) >= 11 is 0. The molecule has 1 saturated heterocycles. The van der Waals surface area contributed by atoms with Crippen molar-refractivity contribution in [2.24, 2.45) is 10.8 Å². The standard InChI is InChI=1S/2C10H15.C4H8O.Ba/c2*1-7-6-10(4,5)9(3)8(7)2;1-2-4-5-3-1;/h2*1-5H3;1-4H2;/q2*-1;;+2. The molecule has 0 aromatic carbocycles. The molecular weight excluding hydrogens is 442 g/mol. The Hall–Kier alpha value is 0.491. The normalized spacial score (nSPS) is 22.7. The van der Waals surface area contributed by atoms with Crippen LogP contribution in [0.1, 0.15) is 82.1 Å². The van der Waals surface area contributed by atoms with Crippen LogP contribution in [0.15, 0.2) is 33.4 Å². The molecular formula is C24H38BaO. The van der Waals surface area contributed by atoms with Crippen LogP contribution in [0.4, 0.5) is 0 Å². The molecule has 142 valence electrons. The Balaban J connectivity index is 0.000000372. The molecule has 26 heavy (non-hydrogen) atoms. The van der Waals surface area contributed by atoms with Crippen LogP contribution in [-0.4, -0.2) is 62.1 Å². The van der Waals surface area contributed by atoms with Gasteiger partial charge in [-0.1, -0.05) is 66.2 Å². The maximum absolute atomic E-state index is 4.94. The second-order valence-electron chi connectivity index (χ2n) is 8.57. The fourth-order valence-corrected chi connectivity index (χ4v) is 3.32. The zero-order valence-corrected chi connectivity index (χ0v) is 23.4. The zero-order chi connectivity index (χ0) is 19.4. The summed E-state index contributed by atoms with van der Waals surface area (Å²) in [5.74, 6) is 0. The predicted molar refractivity (Wildman–Crippen MR) is 115 cm³/mol. The second-order valence-corrected chi connectivity index (χ2v) is 8.57. The summed E-state index contributed by atoms with van der Waals surface area (Å²) in [5, 5.41) is 0. The minimum atomic E-state index is 0. The monoisotopic (exact) mass is 480 g/mol. The first-order valence-electron chi connectivity index (χ1n) is 9.58. The summed E-state index contributed by atoms with van der Waals surface area (Å²) in [4.78, 5) is 0. The molecule has 0 atom stereocenters. The van der Waals surface area contributed by atoms with Crippen LogP contribution in [0.3, 0.4) is 0 Å². The fraction of sp³-hybridized carbons (Fsp3) is 0.667. The smallest absolute Gasteiger partial charge is 0.381 e. The quantitative estimate of drug-likeness (QED) is 0.279. The van der Waals surface area contributed by atoms with E-state index in [9.17, 15) is 0 Å². The van der Waals surface area contributed by atoms with Gasteiger partial charge in [-0.05, 0) is 12.8 Å². The minimum Gasteiger partial charge on any atom is -0.381 e. The Morgan fingerprint density at radius 2 is 0.962 bits per heavy atom. The van der Waals surface area contributed by atoms with E-state index in [1.807, 2.05) is 0 Å². The van der Waals surface area contributed by atoms with Crippen molar-refractivity contribution in [3.63, 3.8) is 0 Å². The molecule has 0 radical (unpaired) electrons. The number of hydrogen-bond acceptors (Lipinski definition) is 1. The van der Waals surface area contributed by atoms with E-state index in [4.69, 9.17) is 4.74 Å². The van der Waals surface area contributed by atoms with Gasteiger partial charge < -0.3 is 4.74 Å². The Morgan fingerprint density at radius 1 is 0.654 bits per heavy atom. The fourth-order valence-electron chi connectivity index (χ4n) is 3.32. The molecule has 1 heterocycles. The molecule has 0 N–H and O–H groups in total. The number of ether oxygens (including phenoxy) is 1. The van der Waals surface area contributed by atoms with Gasteiger partial charge in [0.25, 0.3) is 0 Å². The van der Waals surface area contributed by atoms with Crippen LogP contribution in [0.25, 0.3) is 0 Å². The molecule has 1 aliphatic heterocycles. The first-order chi connectivity index (χ1) is 11.4. The summed E-state index contributed by atoms with van der Waals surface area (Å²) in [5.41, 5.74) is 8.79. The van der Waals surface area contributed by atoms with E-state index < -0.39 is 0 Å². The van der Waals surface area contributed by atoms with Crippen molar-refractivity contribution in [2.75, 3.05) is 13.2 Å². The van der Waals surface area contributed by atoms with E-state index in [-0.39, 0.29) is 59.7 Å². The molecule has 0 aromatic heterocycles.